The molecule has 0 bridgehead atoms. The lowest BCUT2D eigenvalue weighted by Gasteiger charge is -2.23. The highest BCUT2D eigenvalue weighted by atomic mass is 79.9. The summed E-state index contributed by atoms with van der Waals surface area (Å²) in [7, 11) is 1.21. The van der Waals surface area contributed by atoms with E-state index in [0.29, 0.717) is 34.7 Å². The summed E-state index contributed by atoms with van der Waals surface area (Å²) in [5.41, 5.74) is 0.328. The third-order valence-corrected chi connectivity index (χ3v) is 3.08. The number of methoxy groups -OCH3 is 1. The van der Waals surface area contributed by atoms with Crippen LogP contribution in [0.1, 0.15) is 11.7 Å². The molecule has 1 N–H and O–H groups in total. The Hall–Kier alpha value is -1.27. The van der Waals surface area contributed by atoms with Crippen LogP contribution >= 0.6 is 15.9 Å². The van der Waals surface area contributed by atoms with Gasteiger partial charge in [0.25, 0.3) is 0 Å². The van der Waals surface area contributed by atoms with E-state index < -0.39 is 12.1 Å². The summed E-state index contributed by atoms with van der Waals surface area (Å²) in [5.74, 6) is 0.147. The lowest BCUT2D eigenvalue weighted by atomic mass is 10.1. The van der Waals surface area contributed by atoms with E-state index in [0.717, 1.165) is 0 Å². The summed E-state index contributed by atoms with van der Waals surface area (Å²) in [4.78, 5) is 11.4. The van der Waals surface area contributed by atoms with Crippen LogP contribution in [0.2, 0.25) is 0 Å². The zero-order valence-electron chi connectivity index (χ0n) is 9.10. The van der Waals surface area contributed by atoms with Gasteiger partial charge in [-0.3, -0.25) is 0 Å². The second kappa shape index (κ2) is 4.93. The highest BCUT2D eigenvalue weighted by Gasteiger charge is 2.28. The summed E-state index contributed by atoms with van der Waals surface area (Å²) in [6, 6.07) is 3.40. The smallest absolute Gasteiger partial charge is 0.339 e. The lowest BCUT2D eigenvalue weighted by molar-refractivity contribution is -0.150. The Bertz CT molecular complexity index is 446. The Morgan fingerprint density at radius 3 is 2.88 bits per heavy atom. The van der Waals surface area contributed by atoms with E-state index >= 15 is 0 Å². The summed E-state index contributed by atoms with van der Waals surface area (Å²) < 4.78 is 15.9. The quantitative estimate of drug-likeness (QED) is 0.837. The van der Waals surface area contributed by atoms with E-state index in [1.54, 1.807) is 12.1 Å². The number of ether oxygens (including phenoxy) is 3. The Morgan fingerprint density at radius 2 is 2.18 bits per heavy atom. The minimum Gasteiger partial charge on any atom is -0.486 e. The lowest BCUT2D eigenvalue weighted by Crippen LogP contribution is -2.20. The molecule has 2 rings (SSSR count). The molecule has 0 aliphatic carbocycles. The van der Waals surface area contributed by atoms with Crippen LogP contribution in [0.15, 0.2) is 16.6 Å². The molecule has 0 spiro atoms. The minimum atomic E-state index is -1.40. The Morgan fingerprint density at radius 1 is 1.47 bits per heavy atom. The maximum absolute atomic E-state index is 11.4. The van der Waals surface area contributed by atoms with Gasteiger partial charge in [-0.2, -0.15) is 0 Å². The van der Waals surface area contributed by atoms with Crippen LogP contribution in [0.3, 0.4) is 0 Å². The molecule has 5 nitrogen and oxygen atoms in total. The molecule has 0 fully saturated rings. The first kappa shape index (κ1) is 12.2. The standard InChI is InChI=1S/C11H11BrO5/c1-15-11(14)9(13)8-6(12)2-3-7-10(8)17-5-4-16-7/h2-3,9,13H,4-5H2,1H3. The molecule has 0 saturated heterocycles. The van der Waals surface area contributed by atoms with E-state index in [4.69, 9.17) is 9.47 Å². The number of fused-ring (bicyclic) bond motifs is 1. The van der Waals surface area contributed by atoms with Crippen molar-refractivity contribution in [2.45, 2.75) is 6.10 Å². The van der Waals surface area contributed by atoms with Crippen molar-refractivity contribution in [1.29, 1.82) is 0 Å². The first-order valence-corrected chi connectivity index (χ1v) is 5.78. The van der Waals surface area contributed by atoms with Crippen LogP contribution < -0.4 is 9.47 Å². The molecule has 6 heteroatoms. The van der Waals surface area contributed by atoms with Crippen LogP contribution in [-0.4, -0.2) is 31.4 Å². The van der Waals surface area contributed by atoms with Crippen LogP contribution in [0.4, 0.5) is 0 Å². The summed E-state index contributed by atoms with van der Waals surface area (Å²) in [6.45, 7) is 0.826. The van der Waals surface area contributed by atoms with Gasteiger partial charge in [0, 0.05) is 4.47 Å². The largest absolute Gasteiger partial charge is 0.486 e. The zero-order valence-corrected chi connectivity index (χ0v) is 10.7. The predicted molar refractivity (Wildman–Crippen MR) is 62.1 cm³/mol. The molecular weight excluding hydrogens is 292 g/mol. The zero-order chi connectivity index (χ0) is 12.4. The third kappa shape index (κ3) is 2.23. The number of esters is 1. The van der Waals surface area contributed by atoms with Gasteiger partial charge in [0.05, 0.1) is 12.7 Å². The Balaban J connectivity index is 2.48. The van der Waals surface area contributed by atoms with E-state index in [1.165, 1.54) is 7.11 Å². The predicted octanol–water partition coefficient (Wildman–Crippen LogP) is 1.43. The number of carbonyl (C=O) groups is 1. The molecule has 1 aromatic rings. The number of aliphatic hydroxyl groups excluding tert-OH is 1. The molecule has 1 heterocycles. The summed E-state index contributed by atoms with van der Waals surface area (Å²) in [6.07, 6.45) is -1.40. The minimum absolute atomic E-state index is 0.328. The van der Waals surface area contributed by atoms with Crippen LogP contribution in [0.25, 0.3) is 0 Å². The molecule has 0 amide bonds. The van der Waals surface area contributed by atoms with Crippen molar-refractivity contribution in [3.8, 4) is 11.5 Å². The van der Waals surface area contributed by atoms with Gasteiger partial charge in [-0.05, 0) is 12.1 Å². The summed E-state index contributed by atoms with van der Waals surface area (Å²) >= 11 is 3.27. The maximum Gasteiger partial charge on any atom is 0.339 e. The first-order valence-electron chi connectivity index (χ1n) is 4.99. The molecule has 1 atom stereocenters. The highest BCUT2D eigenvalue weighted by molar-refractivity contribution is 9.10. The molecule has 0 saturated carbocycles. The number of hydrogen-bond acceptors (Lipinski definition) is 5. The van der Waals surface area contributed by atoms with E-state index in [9.17, 15) is 9.90 Å². The van der Waals surface area contributed by atoms with Crippen molar-refractivity contribution in [3.05, 3.63) is 22.2 Å². The van der Waals surface area contributed by atoms with Crippen molar-refractivity contribution in [2.24, 2.45) is 0 Å². The molecule has 17 heavy (non-hydrogen) atoms. The molecule has 1 unspecified atom stereocenters. The van der Waals surface area contributed by atoms with Crippen molar-refractivity contribution >= 4 is 21.9 Å². The monoisotopic (exact) mass is 302 g/mol. The second-order valence-electron chi connectivity index (χ2n) is 3.41. The number of halogens is 1. The molecular formula is C11H11BrO5. The molecule has 0 radical (unpaired) electrons. The summed E-state index contributed by atoms with van der Waals surface area (Å²) in [5, 5.41) is 9.89. The van der Waals surface area contributed by atoms with E-state index in [1.807, 2.05) is 0 Å². The van der Waals surface area contributed by atoms with Gasteiger partial charge < -0.3 is 19.3 Å². The van der Waals surface area contributed by atoms with Crippen molar-refractivity contribution in [2.75, 3.05) is 20.3 Å². The van der Waals surface area contributed by atoms with Gasteiger partial charge >= 0.3 is 5.97 Å². The fourth-order valence-corrected chi connectivity index (χ4v) is 2.13. The normalized spacial score (nSPS) is 15.2. The van der Waals surface area contributed by atoms with Crippen LogP contribution in [-0.2, 0) is 9.53 Å². The van der Waals surface area contributed by atoms with Crippen LogP contribution in [0, 0.1) is 0 Å². The van der Waals surface area contributed by atoms with Gasteiger partial charge in [0.2, 0.25) is 0 Å². The number of rotatable bonds is 2. The number of aliphatic hydroxyl groups is 1. The third-order valence-electron chi connectivity index (χ3n) is 2.39. The van der Waals surface area contributed by atoms with Gasteiger partial charge in [-0.15, -0.1) is 0 Å². The SMILES string of the molecule is COC(=O)C(O)c1c(Br)ccc2c1OCCO2. The van der Waals surface area contributed by atoms with Gasteiger partial charge in [-0.1, -0.05) is 15.9 Å². The van der Waals surface area contributed by atoms with E-state index in [2.05, 4.69) is 20.7 Å². The number of carbonyl (C=O) groups excluding carboxylic acids is 1. The number of benzene rings is 1. The van der Waals surface area contributed by atoms with Crippen LogP contribution in [0.5, 0.6) is 11.5 Å². The van der Waals surface area contributed by atoms with Crippen molar-refractivity contribution in [1.82, 2.24) is 0 Å². The first-order chi connectivity index (χ1) is 8.15. The average molecular weight is 303 g/mol. The number of hydrogen-bond donors (Lipinski definition) is 1. The molecule has 92 valence electrons. The van der Waals surface area contributed by atoms with Gasteiger partial charge in [-0.25, -0.2) is 4.79 Å². The topological polar surface area (TPSA) is 65.0 Å². The van der Waals surface area contributed by atoms with Gasteiger partial charge in [0.15, 0.2) is 17.6 Å². The highest BCUT2D eigenvalue weighted by Crippen LogP contribution is 2.41. The molecule has 0 aromatic heterocycles. The van der Waals surface area contributed by atoms with Crippen molar-refractivity contribution in [3.63, 3.8) is 0 Å². The maximum atomic E-state index is 11.4. The Labute approximate surface area is 106 Å². The fraction of sp³-hybridized carbons (Fsp3) is 0.364. The Kier molecular flexibility index (Phi) is 3.54. The average Bonchev–Trinajstić information content (AvgIpc) is 2.37. The molecule has 1 aliphatic heterocycles. The van der Waals surface area contributed by atoms with Gasteiger partial charge in [0.1, 0.15) is 13.2 Å². The molecule has 1 aromatic carbocycles. The van der Waals surface area contributed by atoms with E-state index in [-0.39, 0.29) is 0 Å². The molecule has 1 aliphatic rings. The fourth-order valence-electron chi connectivity index (χ4n) is 1.60. The van der Waals surface area contributed by atoms with Crippen molar-refractivity contribution < 1.29 is 24.1 Å². The second-order valence-corrected chi connectivity index (χ2v) is 4.27.